The summed E-state index contributed by atoms with van der Waals surface area (Å²) < 4.78 is 15.7. The SMILES string of the molecule is COc1ccc(OC)c(NC(=O)c2cnc(Nc3ccccc3OC)nc2)c1. The first kappa shape index (κ1) is 19.0. The summed E-state index contributed by atoms with van der Waals surface area (Å²) in [6, 6.07) is 12.5. The van der Waals surface area contributed by atoms with Crippen molar-refractivity contribution in [2.45, 2.75) is 0 Å². The number of rotatable bonds is 7. The number of methoxy groups -OCH3 is 3. The highest BCUT2D eigenvalue weighted by Gasteiger charge is 2.12. The van der Waals surface area contributed by atoms with Gasteiger partial charge in [-0.3, -0.25) is 4.79 Å². The van der Waals surface area contributed by atoms with E-state index in [2.05, 4.69) is 20.6 Å². The molecule has 1 aromatic heterocycles. The number of para-hydroxylation sites is 2. The van der Waals surface area contributed by atoms with Crippen LogP contribution in [0.1, 0.15) is 10.4 Å². The molecular formula is C20H20N4O4. The number of hydrogen-bond acceptors (Lipinski definition) is 7. The first-order valence-corrected chi connectivity index (χ1v) is 8.40. The third kappa shape index (κ3) is 4.29. The molecule has 0 aliphatic rings. The van der Waals surface area contributed by atoms with E-state index in [4.69, 9.17) is 14.2 Å². The van der Waals surface area contributed by atoms with Gasteiger partial charge in [-0.25, -0.2) is 9.97 Å². The molecule has 144 valence electrons. The predicted molar refractivity (Wildman–Crippen MR) is 106 cm³/mol. The van der Waals surface area contributed by atoms with E-state index in [0.717, 1.165) is 5.69 Å². The van der Waals surface area contributed by atoms with Gasteiger partial charge in [0.05, 0.1) is 38.3 Å². The molecule has 2 N–H and O–H groups in total. The molecule has 28 heavy (non-hydrogen) atoms. The summed E-state index contributed by atoms with van der Waals surface area (Å²) in [6.45, 7) is 0. The number of nitrogens with zero attached hydrogens (tertiary/aromatic N) is 2. The van der Waals surface area contributed by atoms with Crippen LogP contribution < -0.4 is 24.8 Å². The van der Waals surface area contributed by atoms with Crippen molar-refractivity contribution in [2.75, 3.05) is 32.0 Å². The van der Waals surface area contributed by atoms with Crippen molar-refractivity contribution in [1.29, 1.82) is 0 Å². The number of nitrogens with one attached hydrogen (secondary N) is 2. The smallest absolute Gasteiger partial charge is 0.258 e. The molecule has 2 aromatic carbocycles. The Hall–Kier alpha value is -3.81. The average Bonchev–Trinajstić information content (AvgIpc) is 2.74. The standard InChI is InChI=1S/C20H20N4O4/c1-26-14-8-9-18(28-3)16(10-14)23-19(25)13-11-21-20(22-12-13)24-15-6-4-5-7-17(15)27-2/h4-12H,1-3H3,(H,23,25)(H,21,22,24). The summed E-state index contributed by atoms with van der Waals surface area (Å²) >= 11 is 0. The zero-order valence-electron chi connectivity index (χ0n) is 15.7. The molecule has 0 saturated heterocycles. The minimum absolute atomic E-state index is 0.301. The van der Waals surface area contributed by atoms with Gasteiger partial charge in [-0.05, 0) is 24.3 Å². The Balaban J connectivity index is 1.74. The van der Waals surface area contributed by atoms with Crippen molar-refractivity contribution in [2.24, 2.45) is 0 Å². The second kappa shape index (κ2) is 8.72. The van der Waals surface area contributed by atoms with E-state index >= 15 is 0 Å². The maximum atomic E-state index is 12.5. The zero-order valence-corrected chi connectivity index (χ0v) is 15.7. The molecule has 0 aliphatic heterocycles. The van der Waals surface area contributed by atoms with Crippen LogP contribution in [0.15, 0.2) is 54.9 Å². The molecular weight excluding hydrogens is 360 g/mol. The Morgan fingerprint density at radius 2 is 1.54 bits per heavy atom. The second-order valence-corrected chi connectivity index (χ2v) is 5.64. The Bertz CT molecular complexity index is 961. The maximum absolute atomic E-state index is 12.5. The van der Waals surface area contributed by atoms with Gasteiger partial charge < -0.3 is 24.8 Å². The third-order valence-corrected chi connectivity index (χ3v) is 3.92. The van der Waals surface area contributed by atoms with Gasteiger partial charge in [0.25, 0.3) is 5.91 Å². The Kier molecular flexibility index (Phi) is 5.91. The number of ether oxygens (including phenoxy) is 3. The van der Waals surface area contributed by atoms with Gasteiger partial charge in [0.15, 0.2) is 0 Å². The first-order chi connectivity index (χ1) is 13.6. The largest absolute Gasteiger partial charge is 0.497 e. The lowest BCUT2D eigenvalue weighted by atomic mass is 10.2. The molecule has 0 radical (unpaired) electrons. The fourth-order valence-corrected chi connectivity index (χ4v) is 2.48. The number of hydrogen-bond donors (Lipinski definition) is 2. The minimum Gasteiger partial charge on any atom is -0.497 e. The van der Waals surface area contributed by atoms with Gasteiger partial charge in [0.1, 0.15) is 17.2 Å². The van der Waals surface area contributed by atoms with Gasteiger partial charge >= 0.3 is 0 Å². The lowest BCUT2D eigenvalue weighted by Gasteiger charge is -2.12. The molecule has 3 rings (SSSR count). The normalized spacial score (nSPS) is 10.1. The van der Waals surface area contributed by atoms with Crippen LogP contribution in [-0.4, -0.2) is 37.2 Å². The number of benzene rings is 2. The maximum Gasteiger partial charge on any atom is 0.258 e. The molecule has 1 heterocycles. The van der Waals surface area contributed by atoms with E-state index in [0.29, 0.717) is 34.4 Å². The average molecular weight is 380 g/mol. The Morgan fingerprint density at radius 3 is 2.21 bits per heavy atom. The van der Waals surface area contributed by atoms with E-state index < -0.39 is 0 Å². The predicted octanol–water partition coefficient (Wildman–Crippen LogP) is 3.50. The topological polar surface area (TPSA) is 94.6 Å². The van der Waals surface area contributed by atoms with Gasteiger partial charge in [-0.1, -0.05) is 12.1 Å². The van der Waals surface area contributed by atoms with Crippen molar-refractivity contribution in [3.63, 3.8) is 0 Å². The van der Waals surface area contributed by atoms with Crippen LogP contribution in [0.3, 0.4) is 0 Å². The summed E-state index contributed by atoms with van der Waals surface area (Å²) in [7, 11) is 4.66. The van der Waals surface area contributed by atoms with Gasteiger partial charge in [-0.2, -0.15) is 0 Å². The molecule has 0 spiro atoms. The lowest BCUT2D eigenvalue weighted by Crippen LogP contribution is -2.14. The monoisotopic (exact) mass is 380 g/mol. The molecule has 0 saturated carbocycles. The van der Waals surface area contributed by atoms with Crippen LogP contribution in [-0.2, 0) is 0 Å². The Morgan fingerprint density at radius 1 is 0.857 bits per heavy atom. The number of carbonyl (C=O) groups excluding carboxylic acids is 1. The third-order valence-electron chi connectivity index (χ3n) is 3.92. The molecule has 0 bridgehead atoms. The zero-order chi connectivity index (χ0) is 19.9. The molecule has 1 amide bonds. The first-order valence-electron chi connectivity index (χ1n) is 8.40. The van der Waals surface area contributed by atoms with Gasteiger partial charge in [-0.15, -0.1) is 0 Å². The highest BCUT2D eigenvalue weighted by atomic mass is 16.5. The number of aromatic nitrogens is 2. The van der Waals surface area contributed by atoms with Crippen LogP contribution in [0.4, 0.5) is 17.3 Å². The quantitative estimate of drug-likeness (QED) is 0.648. The lowest BCUT2D eigenvalue weighted by molar-refractivity contribution is 0.102. The van der Waals surface area contributed by atoms with Crippen LogP contribution in [0, 0.1) is 0 Å². The number of anilines is 3. The van der Waals surface area contributed by atoms with E-state index in [1.165, 1.54) is 19.5 Å². The molecule has 0 unspecified atom stereocenters. The van der Waals surface area contributed by atoms with E-state index in [1.807, 2.05) is 24.3 Å². The van der Waals surface area contributed by atoms with Gasteiger partial charge in [0, 0.05) is 18.5 Å². The Labute approximate surface area is 162 Å². The molecule has 3 aromatic rings. The summed E-state index contributed by atoms with van der Waals surface area (Å²) in [5, 5.41) is 5.83. The van der Waals surface area contributed by atoms with Crippen LogP contribution in [0.5, 0.6) is 17.2 Å². The second-order valence-electron chi connectivity index (χ2n) is 5.64. The summed E-state index contributed by atoms with van der Waals surface area (Å²) in [4.78, 5) is 20.9. The van der Waals surface area contributed by atoms with Crippen LogP contribution in [0.2, 0.25) is 0 Å². The van der Waals surface area contributed by atoms with E-state index in [9.17, 15) is 4.79 Å². The number of carbonyl (C=O) groups is 1. The molecule has 0 aliphatic carbocycles. The van der Waals surface area contributed by atoms with E-state index in [-0.39, 0.29) is 5.91 Å². The fraction of sp³-hybridized carbons (Fsp3) is 0.150. The van der Waals surface area contributed by atoms with Crippen molar-refractivity contribution in [1.82, 2.24) is 9.97 Å². The summed E-state index contributed by atoms with van der Waals surface area (Å²) in [6.07, 6.45) is 2.87. The van der Waals surface area contributed by atoms with Crippen molar-refractivity contribution in [3.8, 4) is 17.2 Å². The summed E-state index contributed by atoms with van der Waals surface area (Å²) in [5.41, 5.74) is 1.52. The van der Waals surface area contributed by atoms with Crippen LogP contribution in [0.25, 0.3) is 0 Å². The van der Waals surface area contributed by atoms with E-state index in [1.54, 1.807) is 32.4 Å². The molecule has 0 fully saturated rings. The fourth-order valence-electron chi connectivity index (χ4n) is 2.48. The van der Waals surface area contributed by atoms with Crippen molar-refractivity contribution < 1.29 is 19.0 Å². The summed E-state index contributed by atoms with van der Waals surface area (Å²) in [5.74, 6) is 1.77. The molecule has 0 atom stereocenters. The van der Waals surface area contributed by atoms with Gasteiger partial charge in [0.2, 0.25) is 5.95 Å². The van der Waals surface area contributed by atoms with Crippen molar-refractivity contribution in [3.05, 3.63) is 60.4 Å². The highest BCUT2D eigenvalue weighted by Crippen LogP contribution is 2.29. The number of amides is 1. The van der Waals surface area contributed by atoms with Crippen LogP contribution >= 0.6 is 0 Å². The minimum atomic E-state index is -0.365. The van der Waals surface area contributed by atoms with Crippen molar-refractivity contribution >= 4 is 23.2 Å². The highest BCUT2D eigenvalue weighted by molar-refractivity contribution is 6.04. The molecule has 8 nitrogen and oxygen atoms in total. The molecule has 8 heteroatoms.